The molecular formula is C25H36O5. The van der Waals surface area contributed by atoms with E-state index in [1.165, 1.54) is 5.57 Å². The highest BCUT2D eigenvalue weighted by Gasteiger charge is 2.71. The first-order chi connectivity index (χ1) is 14.1. The zero-order valence-electron chi connectivity index (χ0n) is 18.8. The fourth-order valence-electron chi connectivity index (χ4n) is 8.74. The van der Waals surface area contributed by atoms with Crippen molar-refractivity contribution in [1.82, 2.24) is 0 Å². The summed E-state index contributed by atoms with van der Waals surface area (Å²) in [5, 5.41) is 12.0. The molecule has 0 aromatic heterocycles. The van der Waals surface area contributed by atoms with Crippen LogP contribution in [-0.4, -0.2) is 41.8 Å². The second-order valence-corrected chi connectivity index (χ2v) is 11.4. The van der Waals surface area contributed by atoms with Crippen LogP contribution in [0.3, 0.4) is 0 Å². The molecule has 4 aliphatic carbocycles. The SMILES string of the molecule is C[C@H]1C[C@@H]2[C@H](CC[C@@]3(C)[C@H]2CC[C@]3(O)C2(C)OCCO2)[C@@]2(C)CC(C=O)C(=O)C=C12. The van der Waals surface area contributed by atoms with Gasteiger partial charge in [0.15, 0.2) is 11.6 Å². The first kappa shape index (κ1) is 20.8. The summed E-state index contributed by atoms with van der Waals surface area (Å²) in [7, 11) is 0. The number of aldehydes is 1. The van der Waals surface area contributed by atoms with E-state index in [4.69, 9.17) is 9.47 Å². The molecule has 0 aromatic rings. The number of hydrogen-bond acceptors (Lipinski definition) is 5. The van der Waals surface area contributed by atoms with Crippen LogP contribution in [0.4, 0.5) is 0 Å². The van der Waals surface area contributed by atoms with Crippen molar-refractivity contribution < 1.29 is 24.2 Å². The maximum absolute atomic E-state index is 12.5. The Hall–Kier alpha value is -1.04. The van der Waals surface area contributed by atoms with Gasteiger partial charge in [-0.1, -0.05) is 26.3 Å². The lowest BCUT2D eigenvalue weighted by molar-refractivity contribution is -0.299. The molecule has 5 heteroatoms. The first-order valence-electron chi connectivity index (χ1n) is 11.8. The van der Waals surface area contributed by atoms with Crippen LogP contribution < -0.4 is 0 Å². The first-order valence-corrected chi connectivity index (χ1v) is 11.8. The standard InChI is InChI=1S/C25H36O5/c1-15-11-17-18(22(2)13-16(14-26)21(27)12-20(15)22)5-7-23(3)19(17)6-8-25(23,28)24(4)29-9-10-30-24/h12,14-19,28H,5-11,13H2,1-4H3/t15-,16?,17+,18-,19-,22+,23-,25+/m0/s1. The Balaban J connectivity index is 1.52. The molecule has 0 bridgehead atoms. The van der Waals surface area contributed by atoms with Gasteiger partial charge in [0.2, 0.25) is 0 Å². The van der Waals surface area contributed by atoms with Crippen LogP contribution in [0.1, 0.15) is 66.2 Å². The van der Waals surface area contributed by atoms with Crippen LogP contribution in [0.25, 0.3) is 0 Å². The molecule has 1 unspecified atom stereocenters. The minimum Gasteiger partial charge on any atom is -0.384 e. The monoisotopic (exact) mass is 416 g/mol. The molecule has 5 nitrogen and oxygen atoms in total. The molecule has 8 atom stereocenters. The van der Waals surface area contributed by atoms with Crippen LogP contribution in [0.5, 0.6) is 0 Å². The van der Waals surface area contributed by atoms with Gasteiger partial charge in [0.1, 0.15) is 11.9 Å². The van der Waals surface area contributed by atoms with Crippen molar-refractivity contribution in [2.24, 2.45) is 40.4 Å². The second-order valence-electron chi connectivity index (χ2n) is 11.4. The van der Waals surface area contributed by atoms with Crippen molar-refractivity contribution in [3.63, 3.8) is 0 Å². The quantitative estimate of drug-likeness (QED) is 0.549. The third-order valence-electron chi connectivity index (χ3n) is 10.3. The highest BCUT2D eigenvalue weighted by atomic mass is 16.7. The minimum atomic E-state index is -0.986. The van der Waals surface area contributed by atoms with Crippen LogP contribution in [0.15, 0.2) is 11.6 Å². The molecule has 1 saturated heterocycles. The summed E-state index contributed by atoms with van der Waals surface area (Å²) >= 11 is 0. The average Bonchev–Trinajstić information content (AvgIpc) is 3.26. The number of fused-ring (bicyclic) bond motifs is 5. The normalized spacial score (nSPS) is 52.2. The van der Waals surface area contributed by atoms with Crippen LogP contribution in [-0.2, 0) is 19.1 Å². The van der Waals surface area contributed by atoms with E-state index < -0.39 is 17.3 Å². The molecule has 0 aromatic carbocycles. The molecule has 5 aliphatic rings. The van der Waals surface area contributed by atoms with Gasteiger partial charge < -0.3 is 19.4 Å². The van der Waals surface area contributed by atoms with Crippen molar-refractivity contribution in [2.75, 3.05) is 13.2 Å². The Morgan fingerprint density at radius 3 is 2.43 bits per heavy atom. The Labute approximate surface area is 179 Å². The van der Waals surface area contributed by atoms with E-state index in [-0.39, 0.29) is 16.6 Å². The lowest BCUT2D eigenvalue weighted by atomic mass is 9.44. The zero-order chi connectivity index (χ0) is 21.5. The van der Waals surface area contributed by atoms with Gasteiger partial charge in [-0.2, -0.15) is 0 Å². The van der Waals surface area contributed by atoms with E-state index in [1.807, 2.05) is 13.0 Å². The summed E-state index contributed by atoms with van der Waals surface area (Å²) in [6, 6.07) is 0. The van der Waals surface area contributed by atoms with E-state index in [0.717, 1.165) is 32.0 Å². The number of ketones is 1. The van der Waals surface area contributed by atoms with Crippen LogP contribution >= 0.6 is 0 Å². The molecule has 0 spiro atoms. The predicted molar refractivity (Wildman–Crippen MR) is 111 cm³/mol. The fourth-order valence-corrected chi connectivity index (χ4v) is 8.74. The maximum Gasteiger partial charge on any atom is 0.195 e. The summed E-state index contributed by atoms with van der Waals surface area (Å²) in [5.41, 5.74) is -0.0776. The summed E-state index contributed by atoms with van der Waals surface area (Å²) < 4.78 is 12.0. The number of allylic oxidation sites excluding steroid dienone is 1. The number of carbonyl (C=O) groups is 2. The van der Waals surface area contributed by atoms with Crippen molar-refractivity contribution >= 4 is 12.1 Å². The van der Waals surface area contributed by atoms with Crippen LogP contribution in [0, 0.1) is 40.4 Å². The Morgan fingerprint density at radius 2 is 1.77 bits per heavy atom. The molecular weight excluding hydrogens is 380 g/mol. The van der Waals surface area contributed by atoms with Gasteiger partial charge in [0, 0.05) is 5.41 Å². The summed E-state index contributed by atoms with van der Waals surface area (Å²) in [6.45, 7) is 9.79. The van der Waals surface area contributed by atoms with Crippen molar-refractivity contribution in [2.45, 2.75) is 77.6 Å². The minimum absolute atomic E-state index is 0.0119. The molecule has 3 saturated carbocycles. The van der Waals surface area contributed by atoms with Crippen molar-refractivity contribution in [3.05, 3.63) is 11.6 Å². The number of carbonyl (C=O) groups excluding carboxylic acids is 2. The third kappa shape index (κ3) is 2.40. The van der Waals surface area contributed by atoms with E-state index >= 15 is 0 Å². The summed E-state index contributed by atoms with van der Waals surface area (Å²) in [4.78, 5) is 24.1. The van der Waals surface area contributed by atoms with E-state index in [1.54, 1.807) is 0 Å². The average molecular weight is 417 g/mol. The van der Waals surface area contributed by atoms with Gasteiger partial charge in [0.25, 0.3) is 0 Å². The van der Waals surface area contributed by atoms with Crippen molar-refractivity contribution in [1.29, 1.82) is 0 Å². The van der Waals surface area contributed by atoms with E-state index in [9.17, 15) is 14.7 Å². The highest BCUT2D eigenvalue weighted by molar-refractivity contribution is 6.02. The summed E-state index contributed by atoms with van der Waals surface area (Å²) in [5.74, 6) is 0.227. The molecule has 0 amide bonds. The lowest BCUT2D eigenvalue weighted by Crippen LogP contribution is -2.64. The van der Waals surface area contributed by atoms with Gasteiger partial charge in [-0.05, 0) is 80.6 Å². The molecule has 166 valence electrons. The van der Waals surface area contributed by atoms with Crippen molar-refractivity contribution in [3.8, 4) is 0 Å². The smallest absolute Gasteiger partial charge is 0.195 e. The molecule has 1 heterocycles. The number of hydrogen-bond donors (Lipinski definition) is 1. The van der Waals surface area contributed by atoms with Gasteiger partial charge >= 0.3 is 0 Å². The molecule has 5 rings (SSSR count). The predicted octanol–water partition coefficient (Wildman–Crippen LogP) is 3.68. The number of ether oxygens (including phenoxy) is 2. The second kappa shape index (κ2) is 6.49. The Kier molecular flexibility index (Phi) is 4.51. The molecule has 30 heavy (non-hydrogen) atoms. The van der Waals surface area contributed by atoms with Gasteiger partial charge in [-0.15, -0.1) is 0 Å². The molecule has 1 N–H and O–H groups in total. The van der Waals surface area contributed by atoms with Crippen LogP contribution in [0.2, 0.25) is 0 Å². The number of rotatable bonds is 2. The van der Waals surface area contributed by atoms with E-state index in [2.05, 4.69) is 20.8 Å². The molecule has 1 aliphatic heterocycles. The lowest BCUT2D eigenvalue weighted by Gasteiger charge is -2.61. The Bertz CT molecular complexity index is 797. The van der Waals surface area contributed by atoms with E-state index in [0.29, 0.717) is 49.7 Å². The molecule has 4 fully saturated rings. The van der Waals surface area contributed by atoms with Gasteiger partial charge in [-0.25, -0.2) is 0 Å². The fraction of sp³-hybridized carbons (Fsp3) is 0.840. The summed E-state index contributed by atoms with van der Waals surface area (Å²) in [6.07, 6.45) is 7.98. The Morgan fingerprint density at radius 1 is 1.10 bits per heavy atom. The number of aliphatic hydroxyl groups is 1. The third-order valence-corrected chi connectivity index (χ3v) is 10.3. The maximum atomic E-state index is 12.5. The zero-order valence-corrected chi connectivity index (χ0v) is 18.8. The van der Waals surface area contributed by atoms with Gasteiger partial charge in [-0.3, -0.25) is 4.79 Å². The molecule has 0 radical (unpaired) electrons. The topological polar surface area (TPSA) is 72.8 Å². The van der Waals surface area contributed by atoms with Gasteiger partial charge in [0.05, 0.1) is 19.1 Å². The highest BCUT2D eigenvalue weighted by Crippen LogP contribution is 2.70. The largest absolute Gasteiger partial charge is 0.384 e.